The van der Waals surface area contributed by atoms with Crippen LogP contribution in [-0.2, 0) is 21.1 Å². The average molecular weight is 568 g/mol. The zero-order valence-corrected chi connectivity index (χ0v) is 19.2. The molecule has 3 rings (SSSR count). The van der Waals surface area contributed by atoms with E-state index in [4.69, 9.17) is 0 Å². The molecule has 4 nitrogen and oxygen atoms in total. The predicted octanol–water partition coefficient (Wildman–Crippen LogP) is 5.83. The fraction of sp³-hybridized carbons (Fsp3) is 0.167. The first-order valence-corrected chi connectivity index (χ1v) is 9.12. The van der Waals surface area contributed by atoms with E-state index in [9.17, 15) is 10.2 Å². The molecule has 0 radical (unpaired) electrons. The Kier molecular flexibility index (Phi) is 7.52. The quantitative estimate of drug-likeness (QED) is 0.390. The number of phenols is 2. The Hall–Kier alpha value is -2.71. The number of nitrogens with zero attached hydrogens (tertiary/aromatic N) is 2. The Morgan fingerprint density at radius 3 is 1.41 bits per heavy atom. The van der Waals surface area contributed by atoms with E-state index in [-0.39, 0.29) is 32.6 Å². The molecule has 3 aromatic rings. The third-order valence-electron chi connectivity index (χ3n) is 4.52. The second-order valence-electron chi connectivity index (χ2n) is 7.04. The number of benzene rings is 3. The normalized spacial score (nSPS) is 11.2. The molecule has 0 saturated carbocycles. The molecular weight excluding hydrogens is 543 g/mol. The summed E-state index contributed by atoms with van der Waals surface area (Å²) < 4.78 is 0. The summed E-state index contributed by atoms with van der Waals surface area (Å²) in [7, 11) is 0. The Morgan fingerprint density at radius 1 is 0.655 bits per heavy atom. The van der Waals surface area contributed by atoms with Crippen LogP contribution in [0.25, 0.3) is 0 Å². The van der Waals surface area contributed by atoms with Gasteiger partial charge in [0.25, 0.3) is 0 Å². The van der Waals surface area contributed by atoms with Crippen LogP contribution < -0.4 is 0 Å². The molecule has 0 aromatic heterocycles. The fourth-order valence-electron chi connectivity index (χ4n) is 3.14. The third-order valence-corrected chi connectivity index (χ3v) is 4.52. The van der Waals surface area contributed by atoms with Crippen LogP contribution in [-0.4, -0.2) is 22.6 Å². The van der Waals surface area contributed by atoms with Crippen LogP contribution >= 0.6 is 0 Å². The molecule has 0 spiro atoms. The van der Waals surface area contributed by atoms with Gasteiger partial charge in [0.2, 0.25) is 0 Å². The minimum absolute atomic E-state index is 0. The van der Waals surface area contributed by atoms with Crippen LogP contribution in [0.3, 0.4) is 0 Å². The van der Waals surface area contributed by atoms with Gasteiger partial charge < -0.3 is 10.2 Å². The van der Waals surface area contributed by atoms with Gasteiger partial charge in [0, 0.05) is 44.6 Å². The number of para-hydroxylation sites is 2. The summed E-state index contributed by atoms with van der Waals surface area (Å²) in [6, 6.07) is 15.2. The van der Waals surface area contributed by atoms with Crippen LogP contribution in [0.4, 0.5) is 11.4 Å². The van der Waals surface area contributed by atoms with Crippen LogP contribution in [0.1, 0.15) is 33.4 Å². The number of phenolic OH excluding ortho intramolecular Hbond substituents is 2. The number of hydrogen-bond acceptors (Lipinski definition) is 4. The van der Waals surface area contributed by atoms with Crippen LogP contribution in [0, 0.1) is 27.7 Å². The van der Waals surface area contributed by atoms with Crippen LogP contribution in [0.2, 0.25) is 0 Å². The molecule has 3 aromatic carbocycles. The molecule has 29 heavy (non-hydrogen) atoms. The summed E-state index contributed by atoms with van der Waals surface area (Å²) in [6.07, 6.45) is 3.30. The molecule has 0 amide bonds. The number of aryl methyl sites for hydroxylation is 4. The molecule has 0 heterocycles. The molecule has 0 bridgehead atoms. The van der Waals surface area contributed by atoms with Gasteiger partial charge in [0.15, 0.2) is 0 Å². The fourth-order valence-corrected chi connectivity index (χ4v) is 3.14. The Balaban J connectivity index is 0.00000300. The summed E-state index contributed by atoms with van der Waals surface area (Å²) in [5, 5.41) is 20.5. The third kappa shape index (κ3) is 5.42. The smallest absolute Gasteiger partial charge is 0.127 e. The van der Waals surface area contributed by atoms with Gasteiger partial charge in [-0.05, 0) is 74.2 Å². The van der Waals surface area contributed by atoms with E-state index in [1.54, 1.807) is 12.4 Å². The number of rotatable bonds is 4. The van der Waals surface area contributed by atoms with Crippen molar-refractivity contribution in [3.63, 3.8) is 0 Å². The van der Waals surface area contributed by atoms with E-state index >= 15 is 0 Å². The molecule has 0 saturated heterocycles. The number of aromatic hydroxyl groups is 2. The molecule has 0 atom stereocenters. The second-order valence-corrected chi connectivity index (χ2v) is 7.04. The molecular formula is C24H24N2O2Pt. The van der Waals surface area contributed by atoms with Crippen molar-refractivity contribution in [1.29, 1.82) is 0 Å². The van der Waals surface area contributed by atoms with Gasteiger partial charge in [-0.3, -0.25) is 9.98 Å². The first-order chi connectivity index (χ1) is 13.3. The van der Waals surface area contributed by atoms with Crippen molar-refractivity contribution >= 4 is 23.8 Å². The van der Waals surface area contributed by atoms with E-state index in [1.807, 2.05) is 76.2 Å². The number of aliphatic imine (C=N–C) groups is 2. The van der Waals surface area contributed by atoms with Gasteiger partial charge in [0.05, 0.1) is 11.4 Å². The Labute approximate surface area is 186 Å². The largest absolute Gasteiger partial charge is 0.507 e. The van der Waals surface area contributed by atoms with Crippen molar-refractivity contribution in [3.05, 3.63) is 81.9 Å². The monoisotopic (exact) mass is 567 g/mol. The van der Waals surface area contributed by atoms with E-state index in [0.717, 1.165) is 22.3 Å². The van der Waals surface area contributed by atoms with E-state index in [1.165, 1.54) is 0 Å². The van der Waals surface area contributed by atoms with E-state index in [0.29, 0.717) is 22.5 Å². The van der Waals surface area contributed by atoms with Gasteiger partial charge in [0.1, 0.15) is 11.5 Å². The maximum Gasteiger partial charge on any atom is 0.127 e. The molecule has 0 unspecified atom stereocenters. The van der Waals surface area contributed by atoms with Gasteiger partial charge in [-0.25, -0.2) is 0 Å². The molecule has 5 heteroatoms. The van der Waals surface area contributed by atoms with Crippen molar-refractivity contribution in [1.82, 2.24) is 0 Å². The van der Waals surface area contributed by atoms with Crippen molar-refractivity contribution in [2.75, 3.05) is 0 Å². The topological polar surface area (TPSA) is 65.2 Å². The summed E-state index contributed by atoms with van der Waals surface area (Å²) in [5.74, 6) is 0.464. The molecule has 2 N–H and O–H groups in total. The first kappa shape index (κ1) is 22.6. The van der Waals surface area contributed by atoms with Gasteiger partial charge in [-0.15, -0.1) is 0 Å². The SMILES string of the molecule is Cc1cc(C)c(O)c(C=Nc2ccccc2N=Cc2cc(C)cc(C)c2O)c1.[Pt]. The summed E-state index contributed by atoms with van der Waals surface area (Å²) in [5.41, 5.74) is 6.46. The van der Waals surface area contributed by atoms with Crippen LogP contribution in [0.15, 0.2) is 58.5 Å². The Bertz CT molecular complexity index is 1000. The zero-order chi connectivity index (χ0) is 20.3. The van der Waals surface area contributed by atoms with E-state index < -0.39 is 0 Å². The standard InChI is InChI=1S/C24H24N2O2.Pt/c1-15-9-17(3)23(27)19(11-15)13-25-21-7-5-6-8-22(21)26-14-20-12-16(2)10-18(4)24(20)28;/h5-14,27-28H,1-4H3;. The van der Waals surface area contributed by atoms with Crippen molar-refractivity contribution in [2.45, 2.75) is 27.7 Å². The van der Waals surface area contributed by atoms with Gasteiger partial charge in [-0.2, -0.15) is 0 Å². The van der Waals surface area contributed by atoms with Gasteiger partial charge >= 0.3 is 0 Å². The summed E-state index contributed by atoms with van der Waals surface area (Å²) in [4.78, 5) is 9.06. The molecule has 0 aliphatic carbocycles. The molecule has 0 aliphatic rings. The van der Waals surface area contributed by atoms with E-state index in [2.05, 4.69) is 9.98 Å². The average Bonchev–Trinajstić information content (AvgIpc) is 2.65. The van der Waals surface area contributed by atoms with Crippen molar-refractivity contribution in [2.24, 2.45) is 9.98 Å². The molecule has 0 fully saturated rings. The molecule has 152 valence electrons. The van der Waals surface area contributed by atoms with Crippen molar-refractivity contribution in [3.8, 4) is 11.5 Å². The Morgan fingerprint density at radius 2 is 1.03 bits per heavy atom. The van der Waals surface area contributed by atoms with Gasteiger partial charge in [-0.1, -0.05) is 24.3 Å². The summed E-state index contributed by atoms with van der Waals surface area (Å²) >= 11 is 0. The maximum absolute atomic E-state index is 10.3. The maximum atomic E-state index is 10.3. The number of hydrogen-bond donors (Lipinski definition) is 2. The summed E-state index contributed by atoms with van der Waals surface area (Å²) in [6.45, 7) is 7.71. The first-order valence-electron chi connectivity index (χ1n) is 9.12. The zero-order valence-electron chi connectivity index (χ0n) is 16.9. The predicted molar refractivity (Wildman–Crippen MR) is 116 cm³/mol. The van der Waals surface area contributed by atoms with Crippen LogP contribution in [0.5, 0.6) is 11.5 Å². The molecule has 0 aliphatic heterocycles. The van der Waals surface area contributed by atoms with Crippen molar-refractivity contribution < 1.29 is 31.3 Å². The minimum Gasteiger partial charge on any atom is -0.507 e. The second kappa shape index (κ2) is 9.66. The minimum atomic E-state index is 0.